The topological polar surface area (TPSA) is 34.1 Å². The average Bonchev–Trinajstić information content (AvgIpc) is 1.99. The molecule has 0 unspecified atom stereocenters. The molecule has 2 nitrogen and oxygen atoms in total. The van der Waals surface area contributed by atoms with E-state index in [1.165, 1.54) is 6.07 Å². The molecule has 0 spiro atoms. The van der Waals surface area contributed by atoms with Gasteiger partial charge in [-0.25, -0.2) is 17.2 Å². The lowest BCUT2D eigenvalue weighted by Gasteiger charge is -2.18. The first kappa shape index (κ1) is 12.4. The lowest BCUT2D eigenvalue weighted by Crippen LogP contribution is -2.16. The Hall–Kier alpha value is -0.680. The van der Waals surface area contributed by atoms with Crippen LogP contribution in [0.25, 0.3) is 0 Å². The zero-order chi connectivity index (χ0) is 11.9. The zero-order valence-corrected chi connectivity index (χ0v) is 9.66. The molecule has 0 heterocycles. The molecule has 1 aromatic rings. The summed E-state index contributed by atoms with van der Waals surface area (Å²) in [6.07, 6.45) is 0. The van der Waals surface area contributed by atoms with E-state index in [4.69, 9.17) is 10.7 Å². The fourth-order valence-electron chi connectivity index (χ4n) is 1.28. The Bertz CT molecular complexity index is 477. The molecule has 0 aliphatic carbocycles. The maximum atomic E-state index is 13.6. The second kappa shape index (κ2) is 3.72. The first-order chi connectivity index (χ1) is 6.64. The van der Waals surface area contributed by atoms with Crippen LogP contribution in [0.2, 0.25) is 0 Å². The standard InChI is InChI=1S/C9H9ClF2O2S/c1-9(2,12)8-6(11)4-3-5-7(8)15(10,13)14/h3-5H,1-2H3. The van der Waals surface area contributed by atoms with E-state index < -0.39 is 31.0 Å². The number of rotatable bonds is 2. The maximum absolute atomic E-state index is 13.6. The van der Waals surface area contributed by atoms with Gasteiger partial charge < -0.3 is 0 Å². The van der Waals surface area contributed by atoms with Crippen molar-refractivity contribution in [2.24, 2.45) is 0 Å². The number of alkyl halides is 1. The quantitative estimate of drug-likeness (QED) is 0.761. The summed E-state index contributed by atoms with van der Waals surface area (Å²) >= 11 is 0. The highest BCUT2D eigenvalue weighted by atomic mass is 35.7. The molecular formula is C9H9ClF2O2S. The normalized spacial score (nSPS) is 12.9. The van der Waals surface area contributed by atoms with Crippen molar-refractivity contribution in [3.05, 3.63) is 29.6 Å². The summed E-state index contributed by atoms with van der Waals surface area (Å²) in [6, 6.07) is 3.23. The smallest absolute Gasteiger partial charge is 0.239 e. The average molecular weight is 255 g/mol. The van der Waals surface area contributed by atoms with E-state index >= 15 is 0 Å². The lowest BCUT2D eigenvalue weighted by molar-refractivity contribution is 0.209. The van der Waals surface area contributed by atoms with Crippen LogP contribution in [-0.2, 0) is 14.7 Å². The number of benzene rings is 1. The van der Waals surface area contributed by atoms with Crippen molar-refractivity contribution < 1.29 is 17.2 Å². The molecule has 6 heteroatoms. The fraction of sp³-hybridized carbons (Fsp3) is 0.333. The molecule has 0 atom stereocenters. The first-order valence-electron chi connectivity index (χ1n) is 4.06. The summed E-state index contributed by atoms with van der Waals surface area (Å²) in [4.78, 5) is -0.531. The van der Waals surface area contributed by atoms with E-state index in [-0.39, 0.29) is 0 Å². The fourth-order valence-corrected chi connectivity index (χ4v) is 2.50. The van der Waals surface area contributed by atoms with Crippen molar-refractivity contribution in [3.63, 3.8) is 0 Å². The highest BCUT2D eigenvalue weighted by Gasteiger charge is 2.30. The van der Waals surface area contributed by atoms with Gasteiger partial charge in [0.1, 0.15) is 11.5 Å². The lowest BCUT2D eigenvalue weighted by atomic mass is 10.00. The summed E-state index contributed by atoms with van der Waals surface area (Å²) in [7, 11) is 0.934. The van der Waals surface area contributed by atoms with Crippen LogP contribution in [0.15, 0.2) is 23.1 Å². The monoisotopic (exact) mass is 254 g/mol. The second-order valence-electron chi connectivity index (χ2n) is 3.52. The number of hydrogen-bond donors (Lipinski definition) is 0. The number of hydrogen-bond acceptors (Lipinski definition) is 2. The molecule has 0 aliphatic rings. The SMILES string of the molecule is CC(C)(F)c1c(F)cccc1S(=O)(=O)Cl. The molecule has 84 valence electrons. The van der Waals surface area contributed by atoms with E-state index in [1.807, 2.05) is 0 Å². The highest BCUT2D eigenvalue weighted by Crippen LogP contribution is 2.34. The molecule has 0 N–H and O–H groups in total. The van der Waals surface area contributed by atoms with E-state index in [9.17, 15) is 17.2 Å². The van der Waals surface area contributed by atoms with Gasteiger partial charge in [0.2, 0.25) is 0 Å². The van der Waals surface area contributed by atoms with Crippen molar-refractivity contribution in [2.45, 2.75) is 24.4 Å². The van der Waals surface area contributed by atoms with Gasteiger partial charge >= 0.3 is 0 Å². The summed E-state index contributed by atoms with van der Waals surface area (Å²) in [5, 5.41) is 0. The molecule has 0 amide bonds. The van der Waals surface area contributed by atoms with E-state index in [2.05, 4.69) is 0 Å². The zero-order valence-electron chi connectivity index (χ0n) is 8.09. The molecule has 15 heavy (non-hydrogen) atoms. The summed E-state index contributed by atoms with van der Waals surface area (Å²) in [6.45, 7) is 2.13. The molecular weight excluding hydrogens is 246 g/mol. The van der Waals surface area contributed by atoms with Crippen LogP contribution in [0, 0.1) is 5.82 Å². The minimum absolute atomic E-state index is 0.531. The van der Waals surface area contributed by atoms with Crippen LogP contribution in [0.4, 0.5) is 8.78 Å². The largest absolute Gasteiger partial charge is 0.261 e. The predicted octanol–water partition coefficient (Wildman–Crippen LogP) is 2.96. The van der Waals surface area contributed by atoms with Crippen molar-refractivity contribution >= 4 is 19.7 Å². The molecule has 0 fully saturated rings. The van der Waals surface area contributed by atoms with Crippen molar-refractivity contribution in [2.75, 3.05) is 0 Å². The first-order valence-corrected chi connectivity index (χ1v) is 6.37. The molecule has 1 rings (SSSR count). The predicted molar refractivity (Wildman–Crippen MR) is 53.6 cm³/mol. The second-order valence-corrected chi connectivity index (χ2v) is 6.06. The van der Waals surface area contributed by atoms with Gasteiger partial charge in [-0.2, -0.15) is 0 Å². The third-order valence-corrected chi connectivity index (χ3v) is 3.20. The summed E-state index contributed by atoms with van der Waals surface area (Å²) in [5.74, 6) is -0.927. The molecule has 0 bridgehead atoms. The van der Waals surface area contributed by atoms with Crippen LogP contribution in [0.3, 0.4) is 0 Å². The van der Waals surface area contributed by atoms with Gasteiger partial charge in [0.15, 0.2) is 0 Å². The van der Waals surface area contributed by atoms with E-state index in [0.29, 0.717) is 0 Å². The Kier molecular flexibility index (Phi) is 3.07. The van der Waals surface area contributed by atoms with E-state index in [1.54, 1.807) is 0 Å². The highest BCUT2D eigenvalue weighted by molar-refractivity contribution is 8.13. The van der Waals surface area contributed by atoms with Crippen molar-refractivity contribution in [3.8, 4) is 0 Å². The van der Waals surface area contributed by atoms with Crippen LogP contribution < -0.4 is 0 Å². The van der Waals surface area contributed by atoms with E-state index in [0.717, 1.165) is 26.0 Å². The van der Waals surface area contributed by atoms with Gasteiger partial charge in [0, 0.05) is 16.2 Å². The summed E-state index contributed by atoms with van der Waals surface area (Å²) < 4.78 is 49.1. The van der Waals surface area contributed by atoms with Crippen LogP contribution in [0.5, 0.6) is 0 Å². The maximum Gasteiger partial charge on any atom is 0.261 e. The van der Waals surface area contributed by atoms with Gasteiger partial charge in [-0.1, -0.05) is 6.07 Å². The molecule has 0 aromatic heterocycles. The van der Waals surface area contributed by atoms with Gasteiger partial charge in [0.05, 0.1) is 4.90 Å². The Labute approximate surface area is 91.3 Å². The van der Waals surface area contributed by atoms with Gasteiger partial charge in [0.25, 0.3) is 9.05 Å². The Morgan fingerprint density at radius 2 is 1.87 bits per heavy atom. The summed E-state index contributed by atoms with van der Waals surface area (Å²) in [5.41, 5.74) is -2.65. The minimum atomic E-state index is -4.15. The Morgan fingerprint density at radius 3 is 2.20 bits per heavy atom. The van der Waals surface area contributed by atoms with Gasteiger partial charge in [-0.05, 0) is 26.0 Å². The van der Waals surface area contributed by atoms with Crippen molar-refractivity contribution in [1.29, 1.82) is 0 Å². The van der Waals surface area contributed by atoms with Crippen LogP contribution in [-0.4, -0.2) is 8.42 Å². The molecule has 0 radical (unpaired) electrons. The van der Waals surface area contributed by atoms with Crippen LogP contribution in [0.1, 0.15) is 19.4 Å². The molecule has 1 aromatic carbocycles. The third-order valence-electron chi connectivity index (χ3n) is 1.83. The minimum Gasteiger partial charge on any atom is -0.239 e. The molecule has 0 saturated heterocycles. The Balaban J connectivity index is 3.63. The number of halogens is 3. The Morgan fingerprint density at radius 1 is 1.33 bits per heavy atom. The molecule has 0 saturated carbocycles. The van der Waals surface area contributed by atoms with Crippen LogP contribution >= 0.6 is 10.7 Å². The molecule has 0 aliphatic heterocycles. The third kappa shape index (κ3) is 2.66. The van der Waals surface area contributed by atoms with Gasteiger partial charge in [-0.15, -0.1) is 0 Å². The van der Waals surface area contributed by atoms with Crippen molar-refractivity contribution in [1.82, 2.24) is 0 Å². The van der Waals surface area contributed by atoms with Gasteiger partial charge in [-0.3, -0.25) is 0 Å².